The summed E-state index contributed by atoms with van der Waals surface area (Å²) in [5.74, 6) is -0.511. The van der Waals surface area contributed by atoms with E-state index in [9.17, 15) is 23.1 Å². The quantitative estimate of drug-likeness (QED) is 0.862. The van der Waals surface area contributed by atoms with Crippen LogP contribution in [0.15, 0.2) is 24.3 Å². The third-order valence-corrected chi connectivity index (χ3v) is 2.22. The molecule has 1 unspecified atom stereocenters. The number of alkyl halides is 3. The van der Waals surface area contributed by atoms with Crippen molar-refractivity contribution in [2.75, 3.05) is 13.2 Å². The highest BCUT2D eigenvalue weighted by Gasteiger charge is 2.27. The first-order valence-corrected chi connectivity index (χ1v) is 5.52. The van der Waals surface area contributed by atoms with Crippen LogP contribution in [0.25, 0.3) is 0 Å². The summed E-state index contributed by atoms with van der Waals surface area (Å²) in [6.45, 7) is -0.277. The molecule has 1 atom stereocenters. The molecule has 0 aliphatic heterocycles. The zero-order valence-electron chi connectivity index (χ0n) is 10.2. The SMILES string of the molecule is CC(O)c1ccc(OCC(=O)NCC(F)(F)F)cc1. The van der Waals surface area contributed by atoms with Crippen LogP contribution in [0.3, 0.4) is 0 Å². The fourth-order valence-electron chi connectivity index (χ4n) is 1.24. The van der Waals surface area contributed by atoms with Crippen LogP contribution in [0.5, 0.6) is 5.75 Å². The normalized spacial score (nSPS) is 12.9. The molecule has 0 saturated heterocycles. The minimum Gasteiger partial charge on any atom is -0.484 e. The van der Waals surface area contributed by atoms with Crippen LogP contribution >= 0.6 is 0 Å². The molecule has 4 nitrogen and oxygen atoms in total. The number of rotatable bonds is 5. The molecule has 1 rings (SSSR count). The van der Waals surface area contributed by atoms with E-state index in [1.54, 1.807) is 24.4 Å². The average Bonchev–Trinajstić information content (AvgIpc) is 2.33. The number of aliphatic hydroxyl groups excluding tert-OH is 1. The Hall–Kier alpha value is -1.76. The number of aliphatic hydroxyl groups is 1. The van der Waals surface area contributed by atoms with Gasteiger partial charge < -0.3 is 15.2 Å². The predicted octanol–water partition coefficient (Wildman–Crippen LogP) is 1.80. The largest absolute Gasteiger partial charge is 0.484 e. The third-order valence-electron chi connectivity index (χ3n) is 2.22. The first kappa shape index (κ1) is 15.3. The van der Waals surface area contributed by atoms with Gasteiger partial charge in [-0.15, -0.1) is 0 Å². The maximum atomic E-state index is 11.8. The van der Waals surface area contributed by atoms with Crippen molar-refractivity contribution in [3.8, 4) is 5.75 Å². The van der Waals surface area contributed by atoms with Crippen molar-refractivity contribution in [1.82, 2.24) is 5.32 Å². The van der Waals surface area contributed by atoms with E-state index in [0.717, 1.165) is 0 Å². The van der Waals surface area contributed by atoms with E-state index >= 15 is 0 Å². The Morgan fingerprint density at radius 1 is 1.37 bits per heavy atom. The molecule has 1 amide bonds. The highest BCUT2D eigenvalue weighted by atomic mass is 19.4. The zero-order valence-corrected chi connectivity index (χ0v) is 10.2. The van der Waals surface area contributed by atoms with Crippen molar-refractivity contribution in [2.24, 2.45) is 0 Å². The highest BCUT2D eigenvalue weighted by molar-refractivity contribution is 5.77. The Labute approximate surface area is 108 Å². The van der Waals surface area contributed by atoms with Gasteiger partial charge in [0.15, 0.2) is 6.61 Å². The monoisotopic (exact) mass is 277 g/mol. The molecule has 0 spiro atoms. The van der Waals surface area contributed by atoms with Gasteiger partial charge in [0, 0.05) is 0 Å². The number of carbonyl (C=O) groups excluding carboxylic acids is 1. The van der Waals surface area contributed by atoms with Gasteiger partial charge in [-0.1, -0.05) is 12.1 Å². The molecule has 2 N–H and O–H groups in total. The van der Waals surface area contributed by atoms with Gasteiger partial charge >= 0.3 is 6.18 Å². The minimum atomic E-state index is -4.44. The molecule has 0 heterocycles. The van der Waals surface area contributed by atoms with E-state index in [-0.39, 0.29) is 0 Å². The van der Waals surface area contributed by atoms with Crippen molar-refractivity contribution in [1.29, 1.82) is 0 Å². The van der Waals surface area contributed by atoms with Crippen molar-refractivity contribution in [2.45, 2.75) is 19.2 Å². The summed E-state index contributed by atoms with van der Waals surface area (Å²) in [5.41, 5.74) is 0.675. The molecule has 1 aromatic rings. The molecule has 0 aliphatic rings. The van der Waals surface area contributed by atoms with Gasteiger partial charge in [0.25, 0.3) is 5.91 Å². The van der Waals surface area contributed by atoms with Crippen molar-refractivity contribution in [3.05, 3.63) is 29.8 Å². The number of hydrogen-bond acceptors (Lipinski definition) is 3. The van der Waals surface area contributed by atoms with Gasteiger partial charge in [-0.05, 0) is 24.6 Å². The Bertz CT molecular complexity index is 415. The first-order chi connectivity index (χ1) is 8.78. The van der Waals surface area contributed by atoms with E-state index in [2.05, 4.69) is 0 Å². The Morgan fingerprint density at radius 2 is 1.95 bits per heavy atom. The summed E-state index contributed by atoms with van der Waals surface area (Å²) >= 11 is 0. The lowest BCUT2D eigenvalue weighted by Gasteiger charge is -2.10. The van der Waals surface area contributed by atoms with Crippen LogP contribution in [0.4, 0.5) is 13.2 Å². The van der Waals surface area contributed by atoms with E-state index in [0.29, 0.717) is 11.3 Å². The van der Waals surface area contributed by atoms with Crippen LogP contribution < -0.4 is 10.1 Å². The molecule has 0 saturated carbocycles. The molecule has 19 heavy (non-hydrogen) atoms. The predicted molar refractivity (Wildman–Crippen MR) is 61.6 cm³/mol. The molecular weight excluding hydrogens is 263 g/mol. The van der Waals surface area contributed by atoms with Crippen LogP contribution in [0, 0.1) is 0 Å². The van der Waals surface area contributed by atoms with Gasteiger partial charge in [0.1, 0.15) is 12.3 Å². The standard InChI is InChI=1S/C12H14F3NO3/c1-8(17)9-2-4-10(5-3-9)19-6-11(18)16-7-12(13,14)15/h2-5,8,17H,6-7H2,1H3,(H,16,18). The lowest BCUT2D eigenvalue weighted by molar-refractivity contribution is -0.139. The number of nitrogens with one attached hydrogen (secondary N) is 1. The molecule has 0 aromatic heterocycles. The van der Waals surface area contributed by atoms with E-state index in [1.807, 2.05) is 0 Å². The lowest BCUT2D eigenvalue weighted by Crippen LogP contribution is -2.36. The zero-order chi connectivity index (χ0) is 14.5. The van der Waals surface area contributed by atoms with E-state index < -0.39 is 31.3 Å². The van der Waals surface area contributed by atoms with Crippen LogP contribution in [-0.4, -0.2) is 30.3 Å². The molecule has 0 bridgehead atoms. The maximum Gasteiger partial charge on any atom is 0.405 e. The van der Waals surface area contributed by atoms with Gasteiger partial charge in [-0.25, -0.2) is 0 Å². The van der Waals surface area contributed by atoms with Crippen LogP contribution in [-0.2, 0) is 4.79 Å². The summed E-state index contributed by atoms with van der Waals surface area (Å²) in [7, 11) is 0. The molecule has 0 radical (unpaired) electrons. The van der Waals surface area contributed by atoms with Crippen molar-refractivity contribution >= 4 is 5.91 Å². The highest BCUT2D eigenvalue weighted by Crippen LogP contribution is 2.17. The van der Waals surface area contributed by atoms with E-state index in [1.165, 1.54) is 12.1 Å². The van der Waals surface area contributed by atoms with Gasteiger partial charge in [-0.2, -0.15) is 13.2 Å². The second-order valence-corrected chi connectivity index (χ2v) is 3.93. The fraction of sp³-hybridized carbons (Fsp3) is 0.417. The number of carbonyl (C=O) groups is 1. The number of benzene rings is 1. The summed E-state index contributed by atoms with van der Waals surface area (Å²) in [6, 6.07) is 6.26. The Kier molecular flexibility index (Phi) is 5.17. The topological polar surface area (TPSA) is 58.6 Å². The number of hydrogen-bond donors (Lipinski definition) is 2. The Morgan fingerprint density at radius 3 is 2.42 bits per heavy atom. The summed E-state index contributed by atoms with van der Waals surface area (Å²) in [4.78, 5) is 11.1. The number of ether oxygens (including phenoxy) is 1. The summed E-state index contributed by atoms with van der Waals surface area (Å²) in [6.07, 6.45) is -5.06. The molecule has 0 aliphatic carbocycles. The maximum absolute atomic E-state index is 11.8. The lowest BCUT2D eigenvalue weighted by atomic mass is 10.1. The van der Waals surface area contributed by atoms with Gasteiger partial charge in [0.2, 0.25) is 0 Å². The first-order valence-electron chi connectivity index (χ1n) is 5.52. The third kappa shape index (κ3) is 6.10. The van der Waals surface area contributed by atoms with Gasteiger partial charge in [-0.3, -0.25) is 4.79 Å². The molecule has 7 heteroatoms. The Balaban J connectivity index is 2.38. The molecule has 0 fully saturated rings. The van der Waals surface area contributed by atoms with Crippen molar-refractivity contribution < 1.29 is 27.8 Å². The van der Waals surface area contributed by atoms with Crippen molar-refractivity contribution in [3.63, 3.8) is 0 Å². The molecule has 1 aromatic carbocycles. The fourth-order valence-corrected chi connectivity index (χ4v) is 1.24. The van der Waals surface area contributed by atoms with Gasteiger partial charge in [0.05, 0.1) is 6.10 Å². The molecule has 106 valence electrons. The second-order valence-electron chi connectivity index (χ2n) is 3.93. The summed E-state index contributed by atoms with van der Waals surface area (Å²) < 4.78 is 40.5. The van der Waals surface area contributed by atoms with Crippen LogP contribution in [0.1, 0.15) is 18.6 Å². The number of amides is 1. The smallest absolute Gasteiger partial charge is 0.405 e. The van der Waals surface area contributed by atoms with Crippen LogP contribution in [0.2, 0.25) is 0 Å². The summed E-state index contributed by atoms with van der Waals surface area (Å²) in [5, 5.41) is 11.0. The molecular formula is C12H14F3NO3. The average molecular weight is 277 g/mol. The number of halogens is 3. The second kappa shape index (κ2) is 6.42. The van der Waals surface area contributed by atoms with E-state index in [4.69, 9.17) is 4.74 Å². The minimum absolute atomic E-state index is 0.339.